The highest BCUT2D eigenvalue weighted by atomic mass is 32.2. The smallest absolute Gasteiger partial charge is 0.175 e. The summed E-state index contributed by atoms with van der Waals surface area (Å²) in [4.78, 5) is 0.357. The number of rotatable bonds is 2. The molecule has 3 rings (SSSR count). The number of sulfone groups is 1. The van der Waals surface area contributed by atoms with E-state index in [-0.39, 0.29) is 0 Å². The summed E-state index contributed by atoms with van der Waals surface area (Å²) >= 11 is 0. The molecule has 0 unspecified atom stereocenters. The van der Waals surface area contributed by atoms with Gasteiger partial charge in [0.25, 0.3) is 0 Å². The topological polar surface area (TPSA) is 34.1 Å². The molecule has 0 bridgehead atoms. The van der Waals surface area contributed by atoms with Gasteiger partial charge < -0.3 is 0 Å². The van der Waals surface area contributed by atoms with Gasteiger partial charge >= 0.3 is 0 Å². The summed E-state index contributed by atoms with van der Waals surface area (Å²) in [7, 11) is -3.22. The number of hydrogen-bond acceptors (Lipinski definition) is 2. The van der Waals surface area contributed by atoms with E-state index in [4.69, 9.17) is 0 Å². The quantitative estimate of drug-likeness (QED) is 0.714. The van der Waals surface area contributed by atoms with Crippen LogP contribution in [0.4, 0.5) is 0 Å². The van der Waals surface area contributed by atoms with Gasteiger partial charge in [0.2, 0.25) is 0 Å². The van der Waals surface area contributed by atoms with Gasteiger partial charge in [-0.3, -0.25) is 0 Å². The number of fused-ring (bicyclic) bond motifs is 1. The molecular weight excluding hydrogens is 268 g/mol. The van der Waals surface area contributed by atoms with Crippen molar-refractivity contribution in [1.29, 1.82) is 0 Å². The van der Waals surface area contributed by atoms with E-state index in [0.717, 1.165) is 21.9 Å². The molecule has 0 aliphatic carbocycles. The van der Waals surface area contributed by atoms with Gasteiger partial charge in [0, 0.05) is 6.26 Å². The summed E-state index contributed by atoms with van der Waals surface area (Å²) in [5.41, 5.74) is 1.97. The third-order valence-electron chi connectivity index (χ3n) is 3.35. The van der Waals surface area contributed by atoms with Crippen molar-refractivity contribution in [3.63, 3.8) is 0 Å². The fourth-order valence-electron chi connectivity index (χ4n) is 2.35. The van der Waals surface area contributed by atoms with E-state index in [0.29, 0.717) is 4.90 Å². The van der Waals surface area contributed by atoms with Crippen LogP contribution in [-0.2, 0) is 9.84 Å². The molecule has 0 aliphatic rings. The molecule has 2 nitrogen and oxygen atoms in total. The van der Waals surface area contributed by atoms with Crippen LogP contribution in [0.2, 0.25) is 0 Å². The fraction of sp³-hybridized carbons (Fsp3) is 0.0588. The van der Waals surface area contributed by atoms with E-state index >= 15 is 0 Å². The first-order valence-electron chi connectivity index (χ1n) is 6.34. The fourth-order valence-corrected chi connectivity index (χ4v) is 3.03. The largest absolute Gasteiger partial charge is 0.224 e. The summed E-state index contributed by atoms with van der Waals surface area (Å²) in [5.74, 6) is 0. The first-order valence-corrected chi connectivity index (χ1v) is 8.23. The standard InChI is InChI=1S/C17H14O2S/c1-20(18,19)15-11-14-9-5-6-10-16(14)17(12-15)13-7-3-2-4-8-13/h2-12H,1H3. The van der Waals surface area contributed by atoms with Crippen LogP contribution < -0.4 is 0 Å². The maximum atomic E-state index is 11.9. The van der Waals surface area contributed by atoms with Crippen molar-refractivity contribution in [2.45, 2.75) is 4.90 Å². The highest BCUT2D eigenvalue weighted by Gasteiger charge is 2.12. The van der Waals surface area contributed by atoms with Crippen molar-refractivity contribution in [2.75, 3.05) is 6.26 Å². The highest BCUT2D eigenvalue weighted by Crippen LogP contribution is 2.31. The van der Waals surface area contributed by atoms with Gasteiger partial charge in [-0.15, -0.1) is 0 Å². The molecule has 0 heterocycles. The van der Waals surface area contributed by atoms with Crippen LogP contribution in [0.3, 0.4) is 0 Å². The number of benzene rings is 3. The molecule has 3 aromatic carbocycles. The maximum Gasteiger partial charge on any atom is 0.175 e. The van der Waals surface area contributed by atoms with Gasteiger partial charge in [-0.05, 0) is 34.0 Å². The van der Waals surface area contributed by atoms with Crippen molar-refractivity contribution in [1.82, 2.24) is 0 Å². The molecule has 0 aromatic heterocycles. The molecule has 0 atom stereocenters. The zero-order chi connectivity index (χ0) is 14.2. The van der Waals surface area contributed by atoms with E-state index in [1.165, 1.54) is 6.26 Å². The van der Waals surface area contributed by atoms with Crippen molar-refractivity contribution in [2.24, 2.45) is 0 Å². The Balaban J connectivity index is 2.40. The molecule has 0 saturated carbocycles. The lowest BCUT2D eigenvalue weighted by Gasteiger charge is -2.09. The Morgan fingerprint density at radius 2 is 1.45 bits per heavy atom. The second-order valence-corrected chi connectivity index (χ2v) is 6.85. The van der Waals surface area contributed by atoms with Crippen molar-refractivity contribution in [3.8, 4) is 11.1 Å². The summed E-state index contributed by atoms with van der Waals surface area (Å²) in [5, 5.41) is 2.00. The van der Waals surface area contributed by atoms with Gasteiger partial charge in [-0.25, -0.2) is 8.42 Å². The second kappa shape index (κ2) is 4.76. The predicted octanol–water partition coefficient (Wildman–Crippen LogP) is 3.91. The van der Waals surface area contributed by atoms with E-state index in [2.05, 4.69) is 0 Å². The minimum Gasteiger partial charge on any atom is -0.224 e. The zero-order valence-corrected chi connectivity index (χ0v) is 11.9. The normalized spacial score (nSPS) is 11.7. The highest BCUT2D eigenvalue weighted by molar-refractivity contribution is 7.90. The molecule has 0 aliphatic heterocycles. The number of hydrogen-bond donors (Lipinski definition) is 0. The van der Waals surface area contributed by atoms with Crippen molar-refractivity contribution in [3.05, 3.63) is 66.7 Å². The minimum absolute atomic E-state index is 0.357. The van der Waals surface area contributed by atoms with E-state index in [1.807, 2.05) is 54.6 Å². The van der Waals surface area contributed by atoms with Crippen molar-refractivity contribution < 1.29 is 8.42 Å². The molecular formula is C17H14O2S. The molecule has 0 radical (unpaired) electrons. The summed E-state index contributed by atoms with van der Waals surface area (Å²) in [6.07, 6.45) is 1.24. The molecule has 0 saturated heterocycles. The van der Waals surface area contributed by atoms with Gasteiger partial charge in [0.15, 0.2) is 9.84 Å². The Bertz CT molecular complexity index is 866. The van der Waals surface area contributed by atoms with Crippen LogP contribution in [0.25, 0.3) is 21.9 Å². The second-order valence-electron chi connectivity index (χ2n) is 4.83. The molecule has 100 valence electrons. The van der Waals surface area contributed by atoms with Crippen molar-refractivity contribution >= 4 is 20.6 Å². The SMILES string of the molecule is CS(=O)(=O)c1cc(-c2ccccc2)c2ccccc2c1. The summed E-state index contributed by atoms with van der Waals surface area (Å²) < 4.78 is 23.7. The first kappa shape index (κ1) is 12.9. The van der Waals surface area contributed by atoms with E-state index in [1.54, 1.807) is 12.1 Å². The Morgan fingerprint density at radius 1 is 0.800 bits per heavy atom. The third-order valence-corrected chi connectivity index (χ3v) is 4.44. The van der Waals surface area contributed by atoms with Crippen LogP contribution in [0.5, 0.6) is 0 Å². The van der Waals surface area contributed by atoms with E-state index < -0.39 is 9.84 Å². The van der Waals surface area contributed by atoms with Crippen LogP contribution in [-0.4, -0.2) is 14.7 Å². The first-order chi connectivity index (χ1) is 9.55. The van der Waals surface area contributed by atoms with Crippen LogP contribution >= 0.6 is 0 Å². The Morgan fingerprint density at radius 3 is 2.15 bits per heavy atom. The lowest BCUT2D eigenvalue weighted by Crippen LogP contribution is -1.97. The van der Waals surface area contributed by atoms with Gasteiger partial charge in [-0.1, -0.05) is 54.6 Å². The van der Waals surface area contributed by atoms with Crippen LogP contribution in [0, 0.1) is 0 Å². The molecule has 3 heteroatoms. The maximum absolute atomic E-state index is 11.9. The molecule has 0 N–H and O–H groups in total. The van der Waals surface area contributed by atoms with Crippen LogP contribution in [0.1, 0.15) is 0 Å². The third kappa shape index (κ3) is 2.32. The van der Waals surface area contributed by atoms with E-state index in [9.17, 15) is 8.42 Å². The average molecular weight is 282 g/mol. The average Bonchev–Trinajstić information content (AvgIpc) is 2.46. The zero-order valence-electron chi connectivity index (χ0n) is 11.1. The van der Waals surface area contributed by atoms with Gasteiger partial charge in [0.05, 0.1) is 4.90 Å². The Labute approximate surface area is 118 Å². The summed E-state index contributed by atoms with van der Waals surface area (Å²) in [6, 6.07) is 21.2. The summed E-state index contributed by atoms with van der Waals surface area (Å²) in [6.45, 7) is 0. The van der Waals surface area contributed by atoms with Crippen LogP contribution in [0.15, 0.2) is 71.6 Å². The molecule has 0 amide bonds. The molecule has 20 heavy (non-hydrogen) atoms. The molecule has 3 aromatic rings. The molecule has 0 spiro atoms. The molecule has 0 fully saturated rings. The minimum atomic E-state index is -3.22. The van der Waals surface area contributed by atoms with Gasteiger partial charge in [-0.2, -0.15) is 0 Å². The Hall–Kier alpha value is -2.13. The monoisotopic (exact) mass is 282 g/mol. The lowest BCUT2D eigenvalue weighted by molar-refractivity contribution is 0.602. The Kier molecular flexibility index (Phi) is 3.07. The predicted molar refractivity (Wildman–Crippen MR) is 82.5 cm³/mol. The van der Waals surface area contributed by atoms with Gasteiger partial charge in [0.1, 0.15) is 0 Å². The lowest BCUT2D eigenvalue weighted by atomic mass is 9.98.